The summed E-state index contributed by atoms with van der Waals surface area (Å²) in [7, 11) is 1.70. The number of carbonyl (C=O) groups is 1. The zero-order valence-electron chi connectivity index (χ0n) is 11.0. The van der Waals surface area contributed by atoms with E-state index in [0.29, 0.717) is 18.7 Å². The molecule has 0 radical (unpaired) electrons. The predicted octanol–water partition coefficient (Wildman–Crippen LogP) is 3.58. The average molecular weight is 337 g/mol. The van der Waals surface area contributed by atoms with Gasteiger partial charge in [-0.25, -0.2) is 9.37 Å². The van der Waals surface area contributed by atoms with Crippen molar-refractivity contribution in [3.8, 4) is 0 Å². The quantitative estimate of drug-likeness (QED) is 0.854. The zero-order valence-corrected chi connectivity index (χ0v) is 12.6. The highest BCUT2D eigenvalue weighted by atomic mass is 79.9. The van der Waals surface area contributed by atoms with Gasteiger partial charge in [0.05, 0.1) is 0 Å². The molecule has 5 heteroatoms. The Kier molecular flexibility index (Phi) is 4.84. The van der Waals surface area contributed by atoms with Gasteiger partial charge >= 0.3 is 0 Å². The largest absolute Gasteiger partial charge is 0.300 e. The van der Waals surface area contributed by atoms with E-state index in [1.54, 1.807) is 37.5 Å². The third-order valence-corrected chi connectivity index (χ3v) is 3.46. The minimum absolute atomic E-state index is 0.0278. The number of aromatic nitrogens is 1. The van der Waals surface area contributed by atoms with Crippen LogP contribution in [0.5, 0.6) is 0 Å². The van der Waals surface area contributed by atoms with Crippen molar-refractivity contribution in [3.05, 3.63) is 58.4 Å². The van der Waals surface area contributed by atoms with E-state index in [1.807, 2.05) is 0 Å². The first kappa shape index (κ1) is 14.7. The van der Waals surface area contributed by atoms with Crippen molar-refractivity contribution in [1.82, 2.24) is 4.98 Å². The summed E-state index contributed by atoms with van der Waals surface area (Å²) in [6.07, 6.45) is 2.58. The number of hydrogen-bond acceptors (Lipinski definition) is 2. The maximum Gasteiger partial charge on any atom is 0.228 e. The number of pyridine rings is 1. The Hall–Kier alpha value is -1.75. The van der Waals surface area contributed by atoms with Crippen LogP contribution in [0.15, 0.2) is 47.1 Å². The average Bonchev–Trinajstić information content (AvgIpc) is 2.45. The molecule has 0 aliphatic carbocycles. The molecule has 0 aliphatic rings. The lowest BCUT2D eigenvalue weighted by atomic mass is 10.1. The molecular formula is C15H14BrFN2O. The van der Waals surface area contributed by atoms with Gasteiger partial charge in [0.15, 0.2) is 0 Å². The topological polar surface area (TPSA) is 33.2 Å². The van der Waals surface area contributed by atoms with Gasteiger partial charge in [-0.3, -0.25) is 9.69 Å². The summed E-state index contributed by atoms with van der Waals surface area (Å²) in [6, 6.07) is 9.79. The van der Waals surface area contributed by atoms with Gasteiger partial charge in [0, 0.05) is 24.1 Å². The minimum atomic E-state index is -0.268. The lowest BCUT2D eigenvalue weighted by Crippen LogP contribution is -2.27. The van der Waals surface area contributed by atoms with Gasteiger partial charge in [-0.1, -0.05) is 28.1 Å². The number of hydrogen-bond donors (Lipinski definition) is 0. The number of benzene rings is 1. The first-order valence-corrected chi connectivity index (χ1v) is 6.98. The molecule has 1 aromatic heterocycles. The van der Waals surface area contributed by atoms with E-state index >= 15 is 0 Å². The number of amides is 1. The van der Waals surface area contributed by atoms with Gasteiger partial charge in [0.2, 0.25) is 5.91 Å². The fourth-order valence-corrected chi connectivity index (χ4v) is 2.10. The highest BCUT2D eigenvalue weighted by molar-refractivity contribution is 9.10. The third kappa shape index (κ3) is 3.87. The SMILES string of the molecule is CN(C(=O)CCc1ccc(F)cc1)c1cc(Br)ccn1. The van der Waals surface area contributed by atoms with E-state index in [1.165, 1.54) is 17.0 Å². The molecule has 0 atom stereocenters. The summed E-state index contributed by atoms with van der Waals surface area (Å²) in [6.45, 7) is 0. The van der Waals surface area contributed by atoms with Crippen LogP contribution in [0.4, 0.5) is 10.2 Å². The van der Waals surface area contributed by atoms with Crippen molar-refractivity contribution in [2.24, 2.45) is 0 Å². The molecule has 0 bridgehead atoms. The predicted molar refractivity (Wildman–Crippen MR) is 80.1 cm³/mol. The van der Waals surface area contributed by atoms with Crippen molar-refractivity contribution < 1.29 is 9.18 Å². The van der Waals surface area contributed by atoms with E-state index in [2.05, 4.69) is 20.9 Å². The summed E-state index contributed by atoms with van der Waals surface area (Å²) in [4.78, 5) is 17.8. The Balaban J connectivity index is 1.96. The molecule has 0 N–H and O–H groups in total. The molecular weight excluding hydrogens is 323 g/mol. The van der Waals surface area contributed by atoms with Gasteiger partial charge in [0.1, 0.15) is 11.6 Å². The van der Waals surface area contributed by atoms with E-state index in [9.17, 15) is 9.18 Å². The fraction of sp³-hybridized carbons (Fsp3) is 0.200. The van der Waals surface area contributed by atoms with Gasteiger partial charge < -0.3 is 0 Å². The van der Waals surface area contributed by atoms with E-state index < -0.39 is 0 Å². The maximum absolute atomic E-state index is 12.8. The molecule has 0 spiro atoms. The van der Waals surface area contributed by atoms with Crippen LogP contribution < -0.4 is 4.90 Å². The summed E-state index contributed by atoms with van der Waals surface area (Å²) >= 11 is 3.35. The van der Waals surface area contributed by atoms with Crippen molar-refractivity contribution in [2.45, 2.75) is 12.8 Å². The lowest BCUT2D eigenvalue weighted by Gasteiger charge is -2.16. The maximum atomic E-state index is 12.8. The van der Waals surface area contributed by atoms with Gasteiger partial charge in [0.25, 0.3) is 0 Å². The lowest BCUT2D eigenvalue weighted by molar-refractivity contribution is -0.118. The van der Waals surface area contributed by atoms with E-state index in [-0.39, 0.29) is 11.7 Å². The molecule has 104 valence electrons. The molecule has 1 aromatic carbocycles. The first-order valence-electron chi connectivity index (χ1n) is 6.19. The summed E-state index contributed by atoms with van der Waals surface area (Å²) in [5.41, 5.74) is 0.940. The Bertz CT molecular complexity index is 601. The number of aryl methyl sites for hydroxylation is 1. The van der Waals surface area contributed by atoms with Crippen LogP contribution in [0.3, 0.4) is 0 Å². The van der Waals surface area contributed by atoms with Crippen LogP contribution in [0, 0.1) is 5.82 Å². The fourth-order valence-electron chi connectivity index (χ4n) is 1.77. The Morgan fingerprint density at radius 2 is 2.00 bits per heavy atom. The second-order valence-electron chi connectivity index (χ2n) is 4.41. The van der Waals surface area contributed by atoms with Crippen molar-refractivity contribution in [3.63, 3.8) is 0 Å². The smallest absolute Gasteiger partial charge is 0.228 e. The molecule has 0 fully saturated rings. The number of carbonyl (C=O) groups excluding carboxylic acids is 1. The van der Waals surface area contributed by atoms with Crippen molar-refractivity contribution >= 4 is 27.7 Å². The standard InChI is InChI=1S/C15H14BrFN2O/c1-19(14-10-12(16)8-9-18-14)15(20)7-4-11-2-5-13(17)6-3-11/h2-3,5-6,8-10H,4,7H2,1H3. The minimum Gasteiger partial charge on any atom is -0.300 e. The molecule has 0 saturated carbocycles. The summed E-state index contributed by atoms with van der Waals surface area (Å²) < 4.78 is 13.7. The first-order chi connectivity index (χ1) is 9.56. The van der Waals surface area contributed by atoms with Crippen LogP contribution in [0.25, 0.3) is 0 Å². The van der Waals surface area contributed by atoms with Crippen LogP contribution in [-0.2, 0) is 11.2 Å². The van der Waals surface area contributed by atoms with Gasteiger partial charge in [-0.15, -0.1) is 0 Å². The molecule has 0 saturated heterocycles. The molecule has 20 heavy (non-hydrogen) atoms. The molecule has 1 heterocycles. The molecule has 0 unspecified atom stereocenters. The van der Waals surface area contributed by atoms with Crippen LogP contribution >= 0.6 is 15.9 Å². The van der Waals surface area contributed by atoms with Crippen LogP contribution in [0.2, 0.25) is 0 Å². The molecule has 3 nitrogen and oxygen atoms in total. The Labute approximate surface area is 125 Å². The summed E-state index contributed by atoms with van der Waals surface area (Å²) in [5.74, 6) is 0.305. The van der Waals surface area contributed by atoms with Gasteiger partial charge in [-0.2, -0.15) is 0 Å². The third-order valence-electron chi connectivity index (χ3n) is 2.97. The molecule has 0 aliphatic heterocycles. The van der Waals surface area contributed by atoms with E-state index in [0.717, 1.165) is 10.0 Å². The molecule has 1 amide bonds. The number of halogens is 2. The van der Waals surface area contributed by atoms with Crippen molar-refractivity contribution in [1.29, 1.82) is 0 Å². The Morgan fingerprint density at radius 3 is 2.65 bits per heavy atom. The monoisotopic (exact) mass is 336 g/mol. The number of nitrogens with zero attached hydrogens (tertiary/aromatic N) is 2. The van der Waals surface area contributed by atoms with Crippen molar-refractivity contribution in [2.75, 3.05) is 11.9 Å². The highest BCUT2D eigenvalue weighted by Gasteiger charge is 2.12. The number of rotatable bonds is 4. The molecule has 2 rings (SSSR count). The normalized spacial score (nSPS) is 10.3. The summed E-state index contributed by atoms with van der Waals surface area (Å²) in [5, 5.41) is 0. The van der Waals surface area contributed by atoms with Crippen LogP contribution in [0.1, 0.15) is 12.0 Å². The second kappa shape index (κ2) is 6.61. The highest BCUT2D eigenvalue weighted by Crippen LogP contribution is 2.17. The van der Waals surface area contributed by atoms with Gasteiger partial charge in [-0.05, 0) is 36.2 Å². The van der Waals surface area contributed by atoms with E-state index in [4.69, 9.17) is 0 Å². The Morgan fingerprint density at radius 1 is 1.30 bits per heavy atom. The molecule has 2 aromatic rings. The number of anilines is 1. The second-order valence-corrected chi connectivity index (χ2v) is 5.33. The van der Waals surface area contributed by atoms with Crippen LogP contribution in [-0.4, -0.2) is 17.9 Å². The zero-order chi connectivity index (χ0) is 14.5.